The molecular weight excluding hydrogens is 402 g/mol. The van der Waals surface area contributed by atoms with Crippen LogP contribution in [0, 0.1) is 20.8 Å². The van der Waals surface area contributed by atoms with Gasteiger partial charge in [-0.25, -0.2) is 4.99 Å². The van der Waals surface area contributed by atoms with Gasteiger partial charge in [-0.2, -0.15) is 0 Å². The molecule has 0 aliphatic carbocycles. The SMILES string of the molecule is Cc1ccc(N=C2NC(=O)/C(=C/c3cc4c(cc3C)N(C)C(C)(C)C[C@H]4C)S2)cc1C. The Morgan fingerprint density at radius 1 is 1.13 bits per heavy atom. The normalized spacial score (nSPS) is 22.7. The molecule has 162 valence electrons. The Morgan fingerprint density at radius 3 is 2.58 bits per heavy atom. The van der Waals surface area contributed by atoms with Gasteiger partial charge in [-0.05, 0) is 117 Å². The van der Waals surface area contributed by atoms with E-state index in [2.05, 4.69) is 82.0 Å². The molecule has 2 aromatic rings. The lowest BCUT2D eigenvalue weighted by molar-refractivity contribution is -0.115. The molecule has 0 saturated carbocycles. The lowest BCUT2D eigenvalue weighted by Gasteiger charge is -2.45. The van der Waals surface area contributed by atoms with Gasteiger partial charge in [-0.3, -0.25) is 4.79 Å². The van der Waals surface area contributed by atoms with Crippen molar-refractivity contribution in [1.29, 1.82) is 0 Å². The van der Waals surface area contributed by atoms with E-state index >= 15 is 0 Å². The van der Waals surface area contributed by atoms with Crippen LogP contribution in [0.15, 0.2) is 40.2 Å². The Labute approximate surface area is 189 Å². The van der Waals surface area contributed by atoms with Crippen LogP contribution in [0.3, 0.4) is 0 Å². The molecule has 0 bridgehead atoms. The van der Waals surface area contributed by atoms with Crippen LogP contribution in [0.4, 0.5) is 11.4 Å². The zero-order valence-electron chi connectivity index (χ0n) is 19.5. The van der Waals surface area contributed by atoms with E-state index in [-0.39, 0.29) is 11.4 Å². The largest absolute Gasteiger partial charge is 0.369 e. The predicted octanol–water partition coefficient (Wildman–Crippen LogP) is 6.23. The number of thioether (sulfide) groups is 1. The molecule has 1 fully saturated rings. The van der Waals surface area contributed by atoms with Gasteiger partial charge in [0.25, 0.3) is 5.91 Å². The lowest BCUT2D eigenvalue weighted by atomic mass is 9.79. The zero-order valence-corrected chi connectivity index (χ0v) is 20.3. The number of benzene rings is 2. The van der Waals surface area contributed by atoms with Crippen LogP contribution in [-0.4, -0.2) is 23.7 Å². The second kappa shape index (κ2) is 7.86. The fourth-order valence-corrected chi connectivity index (χ4v) is 5.26. The summed E-state index contributed by atoms with van der Waals surface area (Å²) in [7, 11) is 2.18. The highest BCUT2D eigenvalue weighted by Gasteiger charge is 2.34. The van der Waals surface area contributed by atoms with Gasteiger partial charge >= 0.3 is 0 Å². The molecule has 0 radical (unpaired) electrons. The third kappa shape index (κ3) is 4.16. The van der Waals surface area contributed by atoms with Crippen molar-refractivity contribution in [2.45, 2.75) is 59.4 Å². The second-order valence-corrected chi connectivity index (χ2v) is 10.5. The van der Waals surface area contributed by atoms with Gasteiger partial charge in [0, 0.05) is 18.3 Å². The van der Waals surface area contributed by atoms with Gasteiger partial charge in [-0.15, -0.1) is 0 Å². The van der Waals surface area contributed by atoms with Crippen LogP contribution in [-0.2, 0) is 4.79 Å². The number of hydrogen-bond acceptors (Lipinski definition) is 4. The monoisotopic (exact) mass is 433 g/mol. The summed E-state index contributed by atoms with van der Waals surface area (Å²) in [5.74, 6) is 0.391. The quantitative estimate of drug-likeness (QED) is 0.571. The van der Waals surface area contributed by atoms with Crippen molar-refractivity contribution in [3.63, 3.8) is 0 Å². The summed E-state index contributed by atoms with van der Waals surface area (Å²) < 4.78 is 0. The molecule has 4 rings (SSSR count). The molecule has 2 aromatic carbocycles. The van der Waals surface area contributed by atoms with Crippen LogP contribution in [0.1, 0.15) is 60.9 Å². The lowest BCUT2D eigenvalue weighted by Crippen LogP contribution is -2.45. The second-order valence-electron chi connectivity index (χ2n) is 9.49. The maximum atomic E-state index is 12.6. The van der Waals surface area contributed by atoms with Crippen molar-refractivity contribution < 1.29 is 4.79 Å². The Balaban J connectivity index is 1.65. The average molecular weight is 434 g/mol. The first-order valence-electron chi connectivity index (χ1n) is 10.8. The van der Waals surface area contributed by atoms with Gasteiger partial charge in [0.15, 0.2) is 5.17 Å². The minimum atomic E-state index is -0.0870. The van der Waals surface area contributed by atoms with Crippen molar-refractivity contribution in [2.24, 2.45) is 4.99 Å². The fraction of sp³-hybridized carbons (Fsp3) is 0.385. The van der Waals surface area contributed by atoms with E-state index in [4.69, 9.17) is 0 Å². The van der Waals surface area contributed by atoms with Gasteiger partial charge in [-0.1, -0.05) is 13.0 Å². The number of aliphatic imine (C=N–C) groups is 1. The Kier molecular flexibility index (Phi) is 5.50. The highest BCUT2D eigenvalue weighted by atomic mass is 32.2. The molecule has 1 saturated heterocycles. The zero-order chi connectivity index (χ0) is 22.5. The minimum Gasteiger partial charge on any atom is -0.369 e. The molecular formula is C26H31N3OS. The smallest absolute Gasteiger partial charge is 0.264 e. The van der Waals surface area contributed by atoms with Crippen LogP contribution in [0.2, 0.25) is 0 Å². The van der Waals surface area contributed by atoms with Crippen LogP contribution in [0.5, 0.6) is 0 Å². The van der Waals surface area contributed by atoms with Gasteiger partial charge < -0.3 is 10.2 Å². The molecule has 0 aromatic heterocycles. The number of aryl methyl sites for hydroxylation is 3. The molecule has 2 aliphatic heterocycles. The standard InChI is InChI=1S/C26H31N3OS/c1-15-8-9-20(10-16(15)2)27-25-28-24(30)23(31-25)13-19-12-21-18(4)14-26(5,6)29(7)22(21)11-17(19)3/h8-13,18H,14H2,1-7H3,(H,27,28,30)/b23-13-/t18-/m1/s1. The van der Waals surface area contributed by atoms with E-state index in [1.807, 2.05) is 18.2 Å². The van der Waals surface area contributed by atoms with Gasteiger partial charge in [0.1, 0.15) is 0 Å². The first kappa shape index (κ1) is 21.7. The molecule has 0 spiro atoms. The van der Waals surface area contributed by atoms with Crippen LogP contribution >= 0.6 is 11.8 Å². The topological polar surface area (TPSA) is 44.7 Å². The van der Waals surface area contributed by atoms with Gasteiger partial charge in [0.05, 0.1) is 10.6 Å². The Bertz CT molecular complexity index is 1130. The number of amides is 1. The van der Waals surface area contributed by atoms with Crippen molar-refractivity contribution in [3.05, 3.63) is 63.1 Å². The molecule has 31 heavy (non-hydrogen) atoms. The molecule has 1 N–H and O–H groups in total. The first-order valence-corrected chi connectivity index (χ1v) is 11.6. The maximum Gasteiger partial charge on any atom is 0.264 e. The van der Waals surface area contributed by atoms with Crippen molar-refractivity contribution in [1.82, 2.24) is 5.32 Å². The number of rotatable bonds is 2. The van der Waals surface area contributed by atoms with Crippen molar-refractivity contribution in [2.75, 3.05) is 11.9 Å². The summed E-state index contributed by atoms with van der Waals surface area (Å²) in [6, 6.07) is 10.6. The number of anilines is 1. The average Bonchev–Trinajstić information content (AvgIpc) is 3.02. The highest BCUT2D eigenvalue weighted by molar-refractivity contribution is 8.18. The minimum absolute atomic E-state index is 0.0870. The van der Waals surface area contributed by atoms with E-state index in [1.165, 1.54) is 39.7 Å². The number of amidine groups is 1. The van der Waals surface area contributed by atoms with Crippen molar-refractivity contribution >= 4 is 40.3 Å². The Hall–Kier alpha value is -2.53. The maximum absolute atomic E-state index is 12.6. The summed E-state index contributed by atoms with van der Waals surface area (Å²) in [5, 5.41) is 3.54. The third-order valence-electron chi connectivity index (χ3n) is 6.68. The summed E-state index contributed by atoms with van der Waals surface area (Å²) in [6.45, 7) is 13.2. The number of nitrogens with zero attached hydrogens (tertiary/aromatic N) is 2. The molecule has 1 atom stereocenters. The highest BCUT2D eigenvalue weighted by Crippen LogP contribution is 2.44. The number of fused-ring (bicyclic) bond motifs is 1. The van der Waals surface area contributed by atoms with E-state index in [1.54, 1.807) is 0 Å². The molecule has 1 amide bonds. The fourth-order valence-electron chi connectivity index (χ4n) is 4.42. The van der Waals surface area contributed by atoms with Crippen molar-refractivity contribution in [3.8, 4) is 0 Å². The first-order chi connectivity index (χ1) is 14.5. The number of hydrogen-bond donors (Lipinski definition) is 1. The van der Waals surface area contributed by atoms with E-state index in [0.29, 0.717) is 16.0 Å². The molecule has 4 nitrogen and oxygen atoms in total. The van der Waals surface area contributed by atoms with E-state index < -0.39 is 0 Å². The molecule has 0 unspecified atom stereocenters. The predicted molar refractivity (Wildman–Crippen MR) is 133 cm³/mol. The van der Waals surface area contributed by atoms with Gasteiger partial charge in [0.2, 0.25) is 0 Å². The molecule has 2 aliphatic rings. The summed E-state index contributed by atoms with van der Waals surface area (Å²) in [5.41, 5.74) is 8.35. The summed E-state index contributed by atoms with van der Waals surface area (Å²) in [4.78, 5) is 20.3. The van der Waals surface area contributed by atoms with E-state index in [0.717, 1.165) is 17.7 Å². The van der Waals surface area contributed by atoms with E-state index in [9.17, 15) is 4.79 Å². The summed E-state index contributed by atoms with van der Waals surface area (Å²) >= 11 is 1.41. The molecule has 2 heterocycles. The number of carbonyl (C=O) groups is 1. The Morgan fingerprint density at radius 2 is 1.87 bits per heavy atom. The van der Waals surface area contributed by atoms with Crippen LogP contribution < -0.4 is 10.2 Å². The number of nitrogens with one attached hydrogen (secondary N) is 1. The van der Waals surface area contributed by atoms with Crippen LogP contribution in [0.25, 0.3) is 6.08 Å². The number of carbonyl (C=O) groups excluding carboxylic acids is 1. The summed E-state index contributed by atoms with van der Waals surface area (Å²) in [6.07, 6.45) is 3.11. The third-order valence-corrected chi connectivity index (χ3v) is 7.59. The molecule has 5 heteroatoms.